The molecule has 3 nitrogen and oxygen atoms in total. The van der Waals surface area contributed by atoms with E-state index in [0.29, 0.717) is 5.56 Å². The van der Waals surface area contributed by atoms with Crippen LogP contribution in [0.15, 0.2) is 78.2 Å². The molecule has 3 aromatic carbocycles. The van der Waals surface area contributed by atoms with E-state index in [9.17, 15) is 4.79 Å². The van der Waals surface area contributed by atoms with Crippen molar-refractivity contribution in [2.45, 2.75) is 0 Å². The molecule has 0 aliphatic rings. The third-order valence-electron chi connectivity index (χ3n) is 4.45. The Morgan fingerprint density at radius 2 is 1.70 bits per heavy atom. The number of thiazole rings is 1. The van der Waals surface area contributed by atoms with E-state index in [2.05, 4.69) is 11.4 Å². The Morgan fingerprint density at radius 1 is 0.889 bits per heavy atom. The van der Waals surface area contributed by atoms with Gasteiger partial charge in [0.15, 0.2) is 0 Å². The summed E-state index contributed by atoms with van der Waals surface area (Å²) in [5, 5.41) is 8.83. The van der Waals surface area contributed by atoms with Gasteiger partial charge >= 0.3 is 0 Å². The monoisotopic (exact) mass is 386 g/mol. The molecule has 1 amide bonds. The lowest BCUT2D eigenvalue weighted by atomic mass is 10.0. The number of nitrogens with one attached hydrogen (secondary N) is 1. The number of fused-ring (bicyclic) bond motifs is 2. The molecule has 0 saturated heterocycles. The summed E-state index contributed by atoms with van der Waals surface area (Å²) in [5.74, 6) is -0.100. The first-order valence-electron chi connectivity index (χ1n) is 8.52. The average Bonchev–Trinajstić information content (AvgIpc) is 3.33. The van der Waals surface area contributed by atoms with Crippen LogP contribution >= 0.6 is 22.7 Å². The summed E-state index contributed by atoms with van der Waals surface area (Å²) in [6, 6.07) is 23.8. The topological polar surface area (TPSA) is 42.0 Å². The first-order valence-corrected chi connectivity index (χ1v) is 10.2. The van der Waals surface area contributed by atoms with Crippen LogP contribution in [0.25, 0.3) is 31.6 Å². The SMILES string of the molecule is O=C(Nc1sccc1-c1nc2ccccc2s1)c1cccc2ccccc12. The number of carbonyl (C=O) groups excluding carboxylic acids is 1. The predicted molar refractivity (Wildman–Crippen MR) is 115 cm³/mol. The number of para-hydroxylation sites is 1. The lowest BCUT2D eigenvalue weighted by Gasteiger charge is -2.08. The molecule has 2 heterocycles. The van der Waals surface area contributed by atoms with Crippen LogP contribution < -0.4 is 5.32 Å². The summed E-state index contributed by atoms with van der Waals surface area (Å²) in [6.45, 7) is 0. The van der Waals surface area contributed by atoms with Crippen molar-refractivity contribution in [3.05, 3.63) is 83.7 Å². The van der Waals surface area contributed by atoms with Gasteiger partial charge in [-0.25, -0.2) is 4.98 Å². The average molecular weight is 387 g/mol. The molecular formula is C22H14N2OS2. The smallest absolute Gasteiger partial charge is 0.256 e. The van der Waals surface area contributed by atoms with Gasteiger partial charge in [0.1, 0.15) is 10.0 Å². The van der Waals surface area contributed by atoms with E-state index in [0.717, 1.165) is 36.6 Å². The highest BCUT2D eigenvalue weighted by Gasteiger charge is 2.16. The van der Waals surface area contributed by atoms with E-state index >= 15 is 0 Å². The molecular weight excluding hydrogens is 372 g/mol. The number of anilines is 1. The van der Waals surface area contributed by atoms with Crippen molar-refractivity contribution in [2.24, 2.45) is 0 Å². The Bertz CT molecular complexity index is 1250. The van der Waals surface area contributed by atoms with Gasteiger partial charge in [0.25, 0.3) is 5.91 Å². The molecule has 130 valence electrons. The predicted octanol–water partition coefficient (Wildman–Crippen LogP) is 6.43. The van der Waals surface area contributed by atoms with Gasteiger partial charge in [-0.1, -0.05) is 48.5 Å². The molecule has 1 N–H and O–H groups in total. The number of nitrogens with zero attached hydrogens (tertiary/aromatic N) is 1. The maximum absolute atomic E-state index is 13.0. The molecule has 0 aliphatic carbocycles. The maximum Gasteiger partial charge on any atom is 0.256 e. The van der Waals surface area contributed by atoms with Crippen LogP contribution in [0.1, 0.15) is 10.4 Å². The highest BCUT2D eigenvalue weighted by atomic mass is 32.1. The normalized spacial score (nSPS) is 11.1. The third-order valence-corrected chi connectivity index (χ3v) is 6.35. The Hall–Kier alpha value is -3.02. The summed E-state index contributed by atoms with van der Waals surface area (Å²) in [7, 11) is 0. The second-order valence-electron chi connectivity index (χ2n) is 6.13. The molecule has 0 radical (unpaired) electrons. The van der Waals surface area contributed by atoms with Gasteiger partial charge in [-0.05, 0) is 40.4 Å². The minimum atomic E-state index is -0.100. The molecule has 0 atom stereocenters. The van der Waals surface area contributed by atoms with Crippen LogP contribution in [0.5, 0.6) is 0 Å². The second-order valence-corrected chi connectivity index (χ2v) is 8.08. The first kappa shape index (κ1) is 16.2. The fourth-order valence-corrected chi connectivity index (χ4v) is 5.00. The molecule has 27 heavy (non-hydrogen) atoms. The molecule has 0 saturated carbocycles. The largest absolute Gasteiger partial charge is 0.313 e. The second kappa shape index (κ2) is 6.61. The fourth-order valence-electron chi connectivity index (χ4n) is 3.16. The van der Waals surface area contributed by atoms with Gasteiger partial charge in [0.2, 0.25) is 0 Å². The fraction of sp³-hybridized carbons (Fsp3) is 0. The molecule has 0 fully saturated rings. The van der Waals surface area contributed by atoms with E-state index in [1.807, 2.05) is 72.1 Å². The third kappa shape index (κ3) is 2.91. The Morgan fingerprint density at radius 3 is 2.63 bits per heavy atom. The summed E-state index contributed by atoms with van der Waals surface area (Å²) in [5.41, 5.74) is 2.63. The van der Waals surface area contributed by atoms with Crippen LogP contribution in [0.3, 0.4) is 0 Å². The van der Waals surface area contributed by atoms with Crippen molar-refractivity contribution in [2.75, 3.05) is 5.32 Å². The number of aromatic nitrogens is 1. The minimum absolute atomic E-state index is 0.100. The molecule has 0 spiro atoms. The number of thiophene rings is 1. The number of hydrogen-bond donors (Lipinski definition) is 1. The van der Waals surface area contributed by atoms with Crippen molar-refractivity contribution in [1.82, 2.24) is 4.98 Å². The van der Waals surface area contributed by atoms with Crippen molar-refractivity contribution >= 4 is 54.6 Å². The Balaban J connectivity index is 1.51. The summed E-state index contributed by atoms with van der Waals surface area (Å²) in [4.78, 5) is 17.7. The minimum Gasteiger partial charge on any atom is -0.313 e. The van der Waals surface area contributed by atoms with Crippen LogP contribution in [-0.4, -0.2) is 10.9 Å². The summed E-state index contributed by atoms with van der Waals surface area (Å²) < 4.78 is 1.14. The number of carbonyl (C=O) groups is 1. The van der Waals surface area contributed by atoms with Crippen LogP contribution in [0.2, 0.25) is 0 Å². The zero-order valence-corrected chi connectivity index (χ0v) is 15.8. The van der Waals surface area contributed by atoms with Gasteiger partial charge in [0.05, 0.1) is 10.2 Å². The standard InChI is InChI=1S/C22H14N2OS2/c25-20(16-9-5-7-14-6-1-2-8-15(14)16)24-21-17(12-13-26-21)22-23-18-10-3-4-11-19(18)27-22/h1-13H,(H,24,25). The van der Waals surface area contributed by atoms with Gasteiger partial charge in [0, 0.05) is 11.1 Å². The first-order chi connectivity index (χ1) is 13.3. The van der Waals surface area contributed by atoms with E-state index in [-0.39, 0.29) is 5.91 Å². The number of amides is 1. The molecule has 0 aliphatic heterocycles. The molecule has 5 rings (SSSR count). The molecule has 5 aromatic rings. The van der Waals surface area contributed by atoms with Crippen LogP contribution in [-0.2, 0) is 0 Å². The van der Waals surface area contributed by atoms with Crippen molar-refractivity contribution in [3.63, 3.8) is 0 Å². The van der Waals surface area contributed by atoms with Crippen LogP contribution in [0, 0.1) is 0 Å². The Kier molecular flexibility index (Phi) is 3.96. The molecule has 0 unspecified atom stereocenters. The van der Waals surface area contributed by atoms with Crippen molar-refractivity contribution in [1.29, 1.82) is 0 Å². The quantitative estimate of drug-likeness (QED) is 0.388. The van der Waals surface area contributed by atoms with E-state index in [4.69, 9.17) is 4.98 Å². The zero-order valence-electron chi connectivity index (χ0n) is 14.2. The number of rotatable bonds is 3. The number of benzene rings is 3. The molecule has 2 aromatic heterocycles. The van der Waals surface area contributed by atoms with Crippen molar-refractivity contribution in [3.8, 4) is 10.6 Å². The van der Waals surface area contributed by atoms with Crippen molar-refractivity contribution < 1.29 is 4.79 Å². The highest BCUT2D eigenvalue weighted by molar-refractivity contribution is 7.22. The maximum atomic E-state index is 13.0. The van der Waals surface area contributed by atoms with E-state index < -0.39 is 0 Å². The lowest BCUT2D eigenvalue weighted by molar-refractivity contribution is 0.102. The lowest BCUT2D eigenvalue weighted by Crippen LogP contribution is -2.11. The van der Waals surface area contributed by atoms with Gasteiger partial charge in [-0.2, -0.15) is 0 Å². The van der Waals surface area contributed by atoms with Gasteiger partial charge in [-0.15, -0.1) is 22.7 Å². The van der Waals surface area contributed by atoms with Crippen LogP contribution in [0.4, 0.5) is 5.00 Å². The molecule has 5 heteroatoms. The summed E-state index contributed by atoms with van der Waals surface area (Å²) in [6.07, 6.45) is 0. The Labute approximate surface area is 163 Å². The van der Waals surface area contributed by atoms with E-state index in [1.54, 1.807) is 11.3 Å². The van der Waals surface area contributed by atoms with E-state index in [1.165, 1.54) is 11.3 Å². The number of hydrogen-bond acceptors (Lipinski definition) is 4. The zero-order chi connectivity index (χ0) is 18.2. The van der Waals surface area contributed by atoms with Gasteiger partial charge in [-0.3, -0.25) is 4.79 Å². The highest BCUT2D eigenvalue weighted by Crippen LogP contribution is 2.38. The summed E-state index contributed by atoms with van der Waals surface area (Å²) >= 11 is 3.16. The van der Waals surface area contributed by atoms with Gasteiger partial charge < -0.3 is 5.32 Å². The molecule has 0 bridgehead atoms.